The lowest BCUT2D eigenvalue weighted by molar-refractivity contribution is 0.861. The SMILES string of the molecule is Cc1cc(Nc2ccccc2Cl)nc(N(C)Cc2ccccc2)n1. The molecule has 4 nitrogen and oxygen atoms in total. The van der Waals surface area contributed by atoms with Crippen LogP contribution in [0.3, 0.4) is 0 Å². The van der Waals surface area contributed by atoms with Crippen LogP contribution in [0.25, 0.3) is 0 Å². The number of nitrogens with zero attached hydrogens (tertiary/aromatic N) is 3. The molecule has 0 saturated carbocycles. The Balaban J connectivity index is 1.82. The maximum absolute atomic E-state index is 6.21. The molecule has 0 amide bonds. The van der Waals surface area contributed by atoms with Gasteiger partial charge in [-0.25, -0.2) is 4.98 Å². The molecule has 2 aromatic carbocycles. The number of hydrogen-bond acceptors (Lipinski definition) is 4. The standard InChI is InChI=1S/C19H19ClN4/c1-14-12-18(22-17-11-7-6-10-16(17)20)23-19(21-14)24(2)13-15-8-4-3-5-9-15/h3-12H,13H2,1-2H3,(H,21,22,23). The number of aromatic nitrogens is 2. The van der Waals surface area contributed by atoms with E-state index in [4.69, 9.17) is 11.6 Å². The lowest BCUT2D eigenvalue weighted by Gasteiger charge is -2.19. The van der Waals surface area contributed by atoms with E-state index in [-0.39, 0.29) is 0 Å². The van der Waals surface area contributed by atoms with Crippen molar-refractivity contribution in [2.45, 2.75) is 13.5 Å². The van der Waals surface area contributed by atoms with Crippen LogP contribution < -0.4 is 10.2 Å². The smallest absolute Gasteiger partial charge is 0.227 e. The maximum atomic E-state index is 6.21. The summed E-state index contributed by atoms with van der Waals surface area (Å²) in [5, 5.41) is 3.92. The summed E-state index contributed by atoms with van der Waals surface area (Å²) in [5.41, 5.74) is 2.94. The first-order chi connectivity index (χ1) is 11.6. The second-order valence-electron chi connectivity index (χ2n) is 5.64. The largest absolute Gasteiger partial charge is 0.339 e. The molecule has 0 aliphatic heterocycles. The van der Waals surface area contributed by atoms with E-state index in [2.05, 4.69) is 27.4 Å². The summed E-state index contributed by atoms with van der Waals surface area (Å²) in [4.78, 5) is 11.2. The van der Waals surface area contributed by atoms with E-state index in [0.29, 0.717) is 11.0 Å². The Bertz CT molecular complexity index is 821. The number of nitrogens with one attached hydrogen (secondary N) is 1. The highest BCUT2D eigenvalue weighted by atomic mass is 35.5. The predicted molar refractivity (Wildman–Crippen MR) is 100 cm³/mol. The second kappa shape index (κ2) is 7.32. The highest BCUT2D eigenvalue weighted by Crippen LogP contribution is 2.25. The van der Waals surface area contributed by atoms with E-state index in [0.717, 1.165) is 23.7 Å². The Morgan fingerprint density at radius 3 is 2.46 bits per heavy atom. The van der Waals surface area contributed by atoms with Gasteiger partial charge < -0.3 is 10.2 Å². The minimum absolute atomic E-state index is 0.660. The summed E-state index contributed by atoms with van der Waals surface area (Å²) >= 11 is 6.21. The third-order valence-corrected chi connectivity index (χ3v) is 3.91. The lowest BCUT2D eigenvalue weighted by atomic mass is 10.2. The summed E-state index contributed by atoms with van der Waals surface area (Å²) in [6.07, 6.45) is 0. The molecule has 0 spiro atoms. The van der Waals surface area contributed by atoms with Crippen molar-refractivity contribution >= 4 is 29.1 Å². The molecular formula is C19H19ClN4. The van der Waals surface area contributed by atoms with Crippen molar-refractivity contribution in [3.8, 4) is 0 Å². The first-order valence-corrected chi connectivity index (χ1v) is 8.12. The fraction of sp³-hybridized carbons (Fsp3) is 0.158. The molecule has 0 saturated heterocycles. The van der Waals surface area contributed by atoms with Crippen LogP contribution in [0.15, 0.2) is 60.7 Å². The van der Waals surface area contributed by atoms with E-state index in [1.165, 1.54) is 5.56 Å². The molecule has 0 atom stereocenters. The van der Waals surface area contributed by atoms with Gasteiger partial charge in [0.05, 0.1) is 10.7 Å². The summed E-state index contributed by atoms with van der Waals surface area (Å²) in [7, 11) is 1.99. The zero-order chi connectivity index (χ0) is 16.9. The first-order valence-electron chi connectivity index (χ1n) is 7.74. The van der Waals surface area contributed by atoms with Gasteiger partial charge in [0.25, 0.3) is 0 Å². The average molecular weight is 339 g/mol. The van der Waals surface area contributed by atoms with Gasteiger partial charge in [0.15, 0.2) is 0 Å². The van der Waals surface area contributed by atoms with Gasteiger partial charge in [-0.15, -0.1) is 0 Å². The molecule has 0 radical (unpaired) electrons. The summed E-state index contributed by atoms with van der Waals surface area (Å²) in [5.74, 6) is 1.40. The number of rotatable bonds is 5. The van der Waals surface area contributed by atoms with Crippen LogP contribution in [0.4, 0.5) is 17.5 Å². The topological polar surface area (TPSA) is 41.1 Å². The van der Waals surface area contributed by atoms with Crippen molar-refractivity contribution < 1.29 is 0 Å². The van der Waals surface area contributed by atoms with Crippen LogP contribution in [0.1, 0.15) is 11.3 Å². The molecular weight excluding hydrogens is 320 g/mol. The fourth-order valence-corrected chi connectivity index (χ4v) is 2.60. The number of aryl methyl sites for hydroxylation is 1. The van der Waals surface area contributed by atoms with Crippen molar-refractivity contribution in [2.24, 2.45) is 0 Å². The van der Waals surface area contributed by atoms with Gasteiger partial charge in [-0.2, -0.15) is 4.98 Å². The molecule has 5 heteroatoms. The first kappa shape index (κ1) is 16.3. The van der Waals surface area contributed by atoms with Gasteiger partial charge in [-0.1, -0.05) is 54.1 Å². The number of para-hydroxylation sites is 1. The summed E-state index contributed by atoms with van der Waals surface area (Å²) in [6, 6.07) is 19.8. The summed E-state index contributed by atoms with van der Waals surface area (Å²) in [6.45, 7) is 2.70. The third-order valence-electron chi connectivity index (χ3n) is 3.58. The fourth-order valence-electron chi connectivity index (χ4n) is 2.42. The second-order valence-corrected chi connectivity index (χ2v) is 6.05. The number of halogens is 1. The van der Waals surface area contributed by atoms with E-state index in [1.807, 2.05) is 67.4 Å². The Morgan fingerprint density at radius 2 is 1.71 bits per heavy atom. The van der Waals surface area contributed by atoms with Crippen LogP contribution in [-0.4, -0.2) is 17.0 Å². The Hall–Kier alpha value is -2.59. The Labute approximate surface area is 147 Å². The number of benzene rings is 2. The van der Waals surface area contributed by atoms with Crippen LogP contribution in [0.5, 0.6) is 0 Å². The van der Waals surface area contributed by atoms with Gasteiger partial charge in [0.1, 0.15) is 5.82 Å². The molecule has 0 bridgehead atoms. The molecule has 3 rings (SSSR count). The average Bonchev–Trinajstić information content (AvgIpc) is 2.57. The van der Waals surface area contributed by atoms with Crippen LogP contribution in [0.2, 0.25) is 5.02 Å². The number of hydrogen-bond donors (Lipinski definition) is 1. The Kier molecular flexibility index (Phi) is 4.96. The minimum atomic E-state index is 0.660. The maximum Gasteiger partial charge on any atom is 0.227 e. The molecule has 1 N–H and O–H groups in total. The highest BCUT2D eigenvalue weighted by Gasteiger charge is 2.09. The van der Waals surface area contributed by atoms with Crippen molar-refractivity contribution in [1.29, 1.82) is 0 Å². The van der Waals surface area contributed by atoms with Crippen LogP contribution >= 0.6 is 11.6 Å². The number of anilines is 3. The lowest BCUT2D eigenvalue weighted by Crippen LogP contribution is -2.19. The predicted octanol–water partition coefficient (Wildman–Crippen LogP) is 4.82. The Morgan fingerprint density at radius 1 is 1.00 bits per heavy atom. The zero-order valence-corrected chi connectivity index (χ0v) is 14.5. The van der Waals surface area contributed by atoms with E-state index >= 15 is 0 Å². The molecule has 0 aliphatic carbocycles. The van der Waals surface area contributed by atoms with Gasteiger partial charge in [0.2, 0.25) is 5.95 Å². The molecule has 0 aliphatic rings. The molecule has 3 aromatic rings. The molecule has 0 fully saturated rings. The molecule has 1 aromatic heterocycles. The quantitative estimate of drug-likeness (QED) is 0.724. The van der Waals surface area contributed by atoms with Crippen molar-refractivity contribution in [2.75, 3.05) is 17.3 Å². The van der Waals surface area contributed by atoms with E-state index in [1.54, 1.807) is 0 Å². The van der Waals surface area contributed by atoms with Crippen molar-refractivity contribution in [3.05, 3.63) is 76.9 Å². The molecule has 1 heterocycles. The summed E-state index contributed by atoms with van der Waals surface area (Å²) < 4.78 is 0. The van der Waals surface area contributed by atoms with Crippen LogP contribution in [0, 0.1) is 6.92 Å². The van der Waals surface area contributed by atoms with Gasteiger partial charge in [-0.05, 0) is 24.6 Å². The molecule has 0 unspecified atom stereocenters. The van der Waals surface area contributed by atoms with E-state index < -0.39 is 0 Å². The third kappa shape index (κ3) is 4.03. The van der Waals surface area contributed by atoms with Crippen LogP contribution in [-0.2, 0) is 6.54 Å². The van der Waals surface area contributed by atoms with E-state index in [9.17, 15) is 0 Å². The van der Waals surface area contributed by atoms with Gasteiger partial charge in [-0.3, -0.25) is 0 Å². The minimum Gasteiger partial charge on any atom is -0.339 e. The van der Waals surface area contributed by atoms with Gasteiger partial charge in [0, 0.05) is 25.4 Å². The zero-order valence-electron chi connectivity index (χ0n) is 13.7. The van der Waals surface area contributed by atoms with Gasteiger partial charge >= 0.3 is 0 Å². The van der Waals surface area contributed by atoms with Crippen molar-refractivity contribution in [3.63, 3.8) is 0 Å². The highest BCUT2D eigenvalue weighted by molar-refractivity contribution is 6.33. The monoisotopic (exact) mass is 338 g/mol. The van der Waals surface area contributed by atoms with Crippen molar-refractivity contribution in [1.82, 2.24) is 9.97 Å². The molecule has 24 heavy (non-hydrogen) atoms. The molecule has 122 valence electrons. The normalized spacial score (nSPS) is 10.5.